The molecule has 0 radical (unpaired) electrons. The average molecular weight is 640 g/mol. The summed E-state index contributed by atoms with van der Waals surface area (Å²) in [7, 11) is 0. The summed E-state index contributed by atoms with van der Waals surface area (Å²) in [6.07, 6.45) is 9.04. The van der Waals surface area contributed by atoms with Gasteiger partial charge in [0.1, 0.15) is 17.6 Å². The predicted octanol–water partition coefficient (Wildman–Crippen LogP) is 9.32. The van der Waals surface area contributed by atoms with Crippen molar-refractivity contribution in [2.24, 2.45) is 5.92 Å². The van der Waals surface area contributed by atoms with Crippen molar-refractivity contribution < 1.29 is 29.0 Å². The number of carboxylic acids is 1. The fourth-order valence-corrected chi connectivity index (χ4v) is 7.06. The highest BCUT2D eigenvalue weighted by molar-refractivity contribution is 5.93. The van der Waals surface area contributed by atoms with Gasteiger partial charge in [-0.05, 0) is 66.3 Å². The summed E-state index contributed by atoms with van der Waals surface area (Å²) in [5.74, 6) is 0.575. The largest absolute Gasteiger partial charge is 0.481 e. The van der Waals surface area contributed by atoms with Crippen LogP contribution in [0, 0.1) is 5.92 Å². The summed E-state index contributed by atoms with van der Waals surface area (Å²) in [6.45, 7) is 6.42. The molecule has 5 rings (SSSR count). The molecule has 47 heavy (non-hydrogen) atoms. The first-order valence-electron chi connectivity index (χ1n) is 17.3. The van der Waals surface area contributed by atoms with Crippen LogP contribution >= 0.6 is 0 Å². The van der Waals surface area contributed by atoms with Gasteiger partial charge < -0.3 is 19.9 Å². The van der Waals surface area contributed by atoms with Gasteiger partial charge in [0.05, 0.1) is 12.8 Å². The highest BCUT2D eigenvalue weighted by atomic mass is 16.5. The quantitative estimate of drug-likeness (QED) is 0.181. The van der Waals surface area contributed by atoms with Crippen LogP contribution in [0.25, 0.3) is 0 Å². The van der Waals surface area contributed by atoms with E-state index in [1.54, 1.807) is 0 Å². The van der Waals surface area contributed by atoms with E-state index < -0.39 is 11.9 Å². The molecule has 7 nitrogen and oxygen atoms in total. The van der Waals surface area contributed by atoms with E-state index in [1.807, 2.05) is 48.5 Å². The van der Waals surface area contributed by atoms with Crippen LogP contribution in [-0.2, 0) is 31.0 Å². The second-order valence-corrected chi connectivity index (χ2v) is 14.2. The molecule has 1 saturated carbocycles. The molecule has 1 aliphatic heterocycles. The van der Waals surface area contributed by atoms with Crippen molar-refractivity contribution >= 4 is 23.5 Å². The van der Waals surface area contributed by atoms with Crippen LogP contribution in [0.2, 0.25) is 0 Å². The number of hydrogen-bond acceptors (Lipinski definition) is 5. The molecular weight excluding hydrogens is 590 g/mol. The molecule has 0 bridgehead atoms. The number of carbonyl (C=O) groups is 3. The Bertz CT molecular complexity index is 1500. The number of carboxylic acid groups (broad SMARTS) is 1. The number of anilines is 1. The van der Waals surface area contributed by atoms with E-state index in [0.29, 0.717) is 18.8 Å². The zero-order valence-corrected chi connectivity index (χ0v) is 28.1. The number of aliphatic carboxylic acids is 1. The van der Waals surface area contributed by atoms with Crippen LogP contribution in [0.15, 0.2) is 66.7 Å². The second kappa shape index (κ2) is 15.6. The number of carbonyl (C=O) groups excluding carboxylic acids is 2. The monoisotopic (exact) mass is 639 g/mol. The number of benzene rings is 3. The summed E-state index contributed by atoms with van der Waals surface area (Å²) in [6, 6.07) is 22.1. The van der Waals surface area contributed by atoms with Gasteiger partial charge in [-0.15, -0.1) is 0 Å². The fourth-order valence-electron chi connectivity index (χ4n) is 7.06. The highest BCUT2D eigenvalue weighted by Crippen LogP contribution is 2.45. The van der Waals surface area contributed by atoms with Crippen LogP contribution in [-0.4, -0.2) is 29.1 Å². The Labute approximate surface area is 279 Å². The molecule has 0 unspecified atom stereocenters. The number of amides is 1. The Balaban J connectivity index is 1.30. The van der Waals surface area contributed by atoms with Crippen LogP contribution in [0.5, 0.6) is 11.5 Å². The van der Waals surface area contributed by atoms with Gasteiger partial charge in [-0.3, -0.25) is 14.4 Å². The third kappa shape index (κ3) is 9.46. The lowest BCUT2D eigenvalue weighted by Gasteiger charge is -2.28. The minimum Gasteiger partial charge on any atom is -0.481 e. The second-order valence-electron chi connectivity index (χ2n) is 14.2. The van der Waals surface area contributed by atoms with E-state index >= 15 is 0 Å². The number of rotatable bonds is 13. The summed E-state index contributed by atoms with van der Waals surface area (Å²) in [4.78, 5) is 37.3. The number of para-hydroxylation sites is 2. The number of aryl methyl sites for hydroxylation is 1. The summed E-state index contributed by atoms with van der Waals surface area (Å²) < 4.78 is 12.0. The summed E-state index contributed by atoms with van der Waals surface area (Å²) >= 11 is 0. The van der Waals surface area contributed by atoms with E-state index in [2.05, 4.69) is 44.3 Å². The Hall–Kier alpha value is -4.13. The maximum absolute atomic E-state index is 13.8. The zero-order valence-electron chi connectivity index (χ0n) is 28.1. The van der Waals surface area contributed by atoms with Crippen molar-refractivity contribution in [1.29, 1.82) is 0 Å². The van der Waals surface area contributed by atoms with Crippen LogP contribution < -0.4 is 10.1 Å². The third-order valence-corrected chi connectivity index (χ3v) is 9.58. The average Bonchev–Trinajstić information content (AvgIpc) is 3.05. The van der Waals surface area contributed by atoms with Gasteiger partial charge in [-0.2, -0.15) is 0 Å². The molecule has 2 N–H and O–H groups in total. The standard InChI is InChI=1S/C40H49NO6/c1-40(2,3)33-22-19-28(18-21-29(46-39(45)24-23-38(43)44)20-17-27-11-5-4-6-12-27)25-34(33)41-37(42)26-32-30-13-7-9-15-35(30)47-36-16-10-8-14-31(32)36/h7-10,13-16,19,22,25,27,29,32H,4-6,11-12,17-18,20-21,23-24,26H2,1-3H3,(H,41,42)(H,43,44)/t29-/m1/s1. The molecule has 1 heterocycles. The molecule has 1 fully saturated rings. The van der Waals surface area contributed by atoms with Crippen LogP contribution in [0.4, 0.5) is 5.69 Å². The molecular formula is C40H49NO6. The minimum absolute atomic E-state index is 0.0677. The lowest BCUT2D eigenvalue weighted by Crippen LogP contribution is -2.22. The first-order chi connectivity index (χ1) is 22.6. The maximum atomic E-state index is 13.8. The molecule has 3 aromatic rings. The minimum atomic E-state index is -1.00. The molecule has 3 aromatic carbocycles. The summed E-state index contributed by atoms with van der Waals surface area (Å²) in [5.41, 5.74) is 4.72. The van der Waals surface area contributed by atoms with Gasteiger partial charge >= 0.3 is 11.9 Å². The van der Waals surface area contributed by atoms with E-state index in [4.69, 9.17) is 14.6 Å². The lowest BCUT2D eigenvalue weighted by molar-refractivity contribution is -0.152. The van der Waals surface area contributed by atoms with Crippen molar-refractivity contribution in [2.75, 3.05) is 5.32 Å². The molecule has 0 saturated heterocycles. The molecule has 1 aliphatic carbocycles. The summed E-state index contributed by atoms with van der Waals surface area (Å²) in [5, 5.41) is 12.3. The predicted molar refractivity (Wildman–Crippen MR) is 184 cm³/mol. The number of fused-ring (bicyclic) bond motifs is 2. The van der Waals surface area contributed by atoms with Crippen molar-refractivity contribution in [3.63, 3.8) is 0 Å². The van der Waals surface area contributed by atoms with Crippen molar-refractivity contribution in [2.45, 2.75) is 115 Å². The molecule has 250 valence electrons. The number of nitrogens with one attached hydrogen (secondary N) is 1. The lowest BCUT2D eigenvalue weighted by atomic mass is 9.83. The molecule has 1 amide bonds. The smallest absolute Gasteiger partial charge is 0.306 e. The molecule has 0 aromatic heterocycles. The van der Waals surface area contributed by atoms with Gasteiger partial charge in [0.15, 0.2) is 0 Å². The Kier molecular flexibility index (Phi) is 11.4. The van der Waals surface area contributed by atoms with Crippen LogP contribution in [0.3, 0.4) is 0 Å². The van der Waals surface area contributed by atoms with Crippen molar-refractivity contribution in [3.8, 4) is 11.5 Å². The topological polar surface area (TPSA) is 102 Å². The first-order valence-corrected chi connectivity index (χ1v) is 17.3. The molecule has 0 spiro atoms. The van der Waals surface area contributed by atoms with E-state index in [-0.39, 0.29) is 42.6 Å². The number of ether oxygens (including phenoxy) is 2. The number of esters is 1. The van der Waals surface area contributed by atoms with Gasteiger partial charge in [-0.25, -0.2) is 0 Å². The number of hydrogen-bond donors (Lipinski definition) is 2. The van der Waals surface area contributed by atoms with Gasteiger partial charge in [0, 0.05) is 29.2 Å². The van der Waals surface area contributed by atoms with E-state index in [1.165, 1.54) is 32.1 Å². The Morgan fingerprint density at radius 1 is 0.894 bits per heavy atom. The normalized spacial score (nSPS) is 15.6. The third-order valence-electron chi connectivity index (χ3n) is 9.58. The molecule has 1 atom stereocenters. The molecule has 7 heteroatoms. The Morgan fingerprint density at radius 2 is 1.55 bits per heavy atom. The first kappa shape index (κ1) is 34.2. The maximum Gasteiger partial charge on any atom is 0.306 e. The van der Waals surface area contributed by atoms with Crippen molar-refractivity contribution in [3.05, 3.63) is 89.0 Å². The highest BCUT2D eigenvalue weighted by Gasteiger charge is 2.29. The SMILES string of the molecule is CC(C)(C)c1ccc(CC[C@@H](CCC2CCCCC2)OC(=O)CCC(=O)O)cc1NC(=O)CC1c2ccccc2Oc2ccccc21. The fraction of sp³-hybridized carbons (Fsp3) is 0.475. The Morgan fingerprint density at radius 3 is 2.19 bits per heavy atom. The van der Waals surface area contributed by atoms with Crippen molar-refractivity contribution in [1.82, 2.24) is 0 Å². The van der Waals surface area contributed by atoms with Gasteiger partial charge in [0.25, 0.3) is 0 Å². The van der Waals surface area contributed by atoms with Crippen LogP contribution in [0.1, 0.15) is 120 Å². The van der Waals surface area contributed by atoms with E-state index in [9.17, 15) is 14.4 Å². The van der Waals surface area contributed by atoms with Gasteiger partial charge in [0.2, 0.25) is 5.91 Å². The zero-order chi connectivity index (χ0) is 33.4. The molecule has 2 aliphatic rings. The van der Waals surface area contributed by atoms with Gasteiger partial charge in [-0.1, -0.05) is 101 Å². The van der Waals surface area contributed by atoms with E-state index in [0.717, 1.165) is 52.3 Å².